The zero-order valence-electron chi connectivity index (χ0n) is 6.43. The standard InChI is InChI=1S/C9H5Cl2FO/c10-7-4-6(2-1-3-13)5-8(11)9(7)12/h1-5H/b2-1+. The number of aldehydes is 1. The fourth-order valence-electron chi connectivity index (χ4n) is 0.822. The largest absolute Gasteiger partial charge is 0.299 e. The lowest BCUT2D eigenvalue weighted by atomic mass is 10.2. The molecule has 0 bridgehead atoms. The van der Waals surface area contributed by atoms with E-state index in [9.17, 15) is 9.18 Å². The third-order valence-corrected chi connectivity index (χ3v) is 1.92. The van der Waals surface area contributed by atoms with Crippen LogP contribution in [0.4, 0.5) is 4.39 Å². The van der Waals surface area contributed by atoms with Crippen molar-refractivity contribution < 1.29 is 9.18 Å². The highest BCUT2D eigenvalue weighted by atomic mass is 35.5. The van der Waals surface area contributed by atoms with Gasteiger partial charge in [0.1, 0.15) is 6.29 Å². The van der Waals surface area contributed by atoms with Crippen molar-refractivity contribution in [1.29, 1.82) is 0 Å². The number of allylic oxidation sites excluding steroid dienone is 1. The number of halogens is 3. The highest BCUT2D eigenvalue weighted by Gasteiger charge is 2.05. The van der Waals surface area contributed by atoms with Gasteiger partial charge in [0.2, 0.25) is 0 Å². The molecule has 68 valence electrons. The molecule has 1 rings (SSSR count). The molecule has 0 N–H and O–H groups in total. The molecule has 0 aromatic heterocycles. The van der Waals surface area contributed by atoms with Gasteiger partial charge in [0.25, 0.3) is 0 Å². The second-order valence-electron chi connectivity index (χ2n) is 2.29. The smallest absolute Gasteiger partial charge is 0.160 e. The lowest BCUT2D eigenvalue weighted by Crippen LogP contribution is -1.81. The van der Waals surface area contributed by atoms with E-state index in [1.165, 1.54) is 24.3 Å². The van der Waals surface area contributed by atoms with Gasteiger partial charge in [-0.05, 0) is 23.8 Å². The first kappa shape index (κ1) is 10.2. The van der Waals surface area contributed by atoms with Crippen LogP contribution in [0.1, 0.15) is 5.56 Å². The zero-order valence-corrected chi connectivity index (χ0v) is 7.94. The molecule has 0 unspecified atom stereocenters. The van der Waals surface area contributed by atoms with Gasteiger partial charge in [-0.15, -0.1) is 0 Å². The predicted molar refractivity (Wildman–Crippen MR) is 51.5 cm³/mol. The van der Waals surface area contributed by atoms with Crippen LogP contribution in [0.2, 0.25) is 10.0 Å². The second-order valence-corrected chi connectivity index (χ2v) is 3.11. The first-order chi connectivity index (χ1) is 6.15. The number of hydrogen-bond donors (Lipinski definition) is 0. The maximum Gasteiger partial charge on any atom is 0.160 e. The third kappa shape index (κ3) is 2.54. The van der Waals surface area contributed by atoms with E-state index < -0.39 is 5.82 Å². The van der Waals surface area contributed by atoms with Crippen LogP contribution in [0, 0.1) is 5.82 Å². The molecule has 0 aliphatic carbocycles. The van der Waals surface area contributed by atoms with E-state index in [2.05, 4.69) is 0 Å². The van der Waals surface area contributed by atoms with Gasteiger partial charge in [0.15, 0.2) is 5.82 Å². The van der Waals surface area contributed by atoms with Crippen molar-refractivity contribution in [2.75, 3.05) is 0 Å². The molecule has 0 radical (unpaired) electrons. The Morgan fingerprint density at radius 1 is 1.23 bits per heavy atom. The average molecular weight is 219 g/mol. The Bertz CT molecular complexity index is 338. The quantitative estimate of drug-likeness (QED) is 0.423. The van der Waals surface area contributed by atoms with Crippen LogP contribution in [-0.4, -0.2) is 6.29 Å². The minimum Gasteiger partial charge on any atom is -0.299 e. The van der Waals surface area contributed by atoms with Crippen LogP contribution in [-0.2, 0) is 4.79 Å². The van der Waals surface area contributed by atoms with Gasteiger partial charge in [-0.25, -0.2) is 4.39 Å². The molecule has 0 saturated heterocycles. The third-order valence-electron chi connectivity index (χ3n) is 1.37. The first-order valence-electron chi connectivity index (χ1n) is 3.41. The van der Waals surface area contributed by atoms with Gasteiger partial charge < -0.3 is 0 Å². The zero-order chi connectivity index (χ0) is 9.84. The van der Waals surface area contributed by atoms with E-state index in [-0.39, 0.29) is 10.0 Å². The molecule has 1 aromatic rings. The summed E-state index contributed by atoms with van der Waals surface area (Å²) in [7, 11) is 0. The fourth-order valence-corrected chi connectivity index (χ4v) is 1.33. The van der Waals surface area contributed by atoms with Crippen LogP contribution in [0.15, 0.2) is 18.2 Å². The van der Waals surface area contributed by atoms with E-state index in [1.54, 1.807) is 0 Å². The maximum absolute atomic E-state index is 12.9. The Balaban J connectivity index is 3.12. The van der Waals surface area contributed by atoms with E-state index in [1.807, 2.05) is 0 Å². The monoisotopic (exact) mass is 218 g/mol. The highest BCUT2D eigenvalue weighted by Crippen LogP contribution is 2.25. The van der Waals surface area contributed by atoms with Crippen LogP contribution in [0.3, 0.4) is 0 Å². The van der Waals surface area contributed by atoms with Crippen molar-refractivity contribution in [2.24, 2.45) is 0 Å². The van der Waals surface area contributed by atoms with Gasteiger partial charge in [-0.1, -0.05) is 29.3 Å². The summed E-state index contributed by atoms with van der Waals surface area (Å²) < 4.78 is 12.9. The minimum atomic E-state index is -0.647. The molecule has 0 atom stereocenters. The summed E-state index contributed by atoms with van der Waals surface area (Å²) in [5, 5.41) is -0.115. The van der Waals surface area contributed by atoms with Crippen molar-refractivity contribution in [1.82, 2.24) is 0 Å². The lowest BCUT2D eigenvalue weighted by molar-refractivity contribution is -0.104. The Kier molecular flexibility index (Phi) is 3.46. The van der Waals surface area contributed by atoms with Gasteiger partial charge in [-0.2, -0.15) is 0 Å². The van der Waals surface area contributed by atoms with Gasteiger partial charge in [0.05, 0.1) is 10.0 Å². The van der Waals surface area contributed by atoms with E-state index >= 15 is 0 Å². The van der Waals surface area contributed by atoms with E-state index in [0.29, 0.717) is 11.8 Å². The highest BCUT2D eigenvalue weighted by molar-refractivity contribution is 6.35. The molecule has 4 heteroatoms. The number of rotatable bonds is 2. The molecule has 0 aliphatic heterocycles. The SMILES string of the molecule is O=C/C=C/c1cc(Cl)c(F)c(Cl)c1. The molecule has 0 amide bonds. The Morgan fingerprint density at radius 2 is 1.77 bits per heavy atom. The number of carbonyl (C=O) groups is 1. The lowest BCUT2D eigenvalue weighted by Gasteiger charge is -1.99. The number of carbonyl (C=O) groups excluding carboxylic acids is 1. The van der Waals surface area contributed by atoms with Gasteiger partial charge in [0, 0.05) is 0 Å². The molecule has 1 nitrogen and oxygen atoms in total. The molecule has 1 aromatic carbocycles. The second kappa shape index (κ2) is 4.40. The number of benzene rings is 1. The normalized spacial score (nSPS) is 10.7. The van der Waals surface area contributed by atoms with E-state index in [4.69, 9.17) is 23.2 Å². The molecule has 13 heavy (non-hydrogen) atoms. The summed E-state index contributed by atoms with van der Waals surface area (Å²) in [6, 6.07) is 2.78. The summed E-state index contributed by atoms with van der Waals surface area (Å²) >= 11 is 11.0. The molecule has 0 saturated carbocycles. The summed E-state index contributed by atoms with van der Waals surface area (Å²) in [5.41, 5.74) is 0.587. The Hall–Kier alpha value is -0.860. The summed E-state index contributed by atoms with van der Waals surface area (Å²) in [5.74, 6) is -0.647. The topological polar surface area (TPSA) is 17.1 Å². The predicted octanol–water partition coefficient (Wildman–Crippen LogP) is 3.34. The molecule has 0 fully saturated rings. The molecular weight excluding hydrogens is 214 g/mol. The summed E-state index contributed by atoms with van der Waals surface area (Å²) in [4.78, 5) is 9.99. The van der Waals surface area contributed by atoms with Crippen molar-refractivity contribution >= 4 is 35.6 Å². The summed E-state index contributed by atoms with van der Waals surface area (Å²) in [6.07, 6.45) is 3.38. The maximum atomic E-state index is 12.9. The van der Waals surface area contributed by atoms with Crippen molar-refractivity contribution in [3.63, 3.8) is 0 Å². The van der Waals surface area contributed by atoms with Gasteiger partial charge >= 0.3 is 0 Å². The van der Waals surface area contributed by atoms with Gasteiger partial charge in [-0.3, -0.25) is 4.79 Å². The Labute approximate surface area is 84.8 Å². The minimum absolute atomic E-state index is 0.0574. The molecule has 0 aliphatic rings. The molecule has 0 spiro atoms. The van der Waals surface area contributed by atoms with Crippen molar-refractivity contribution in [3.05, 3.63) is 39.6 Å². The van der Waals surface area contributed by atoms with Crippen LogP contribution in [0.25, 0.3) is 6.08 Å². The Morgan fingerprint density at radius 3 is 2.23 bits per heavy atom. The van der Waals surface area contributed by atoms with Crippen molar-refractivity contribution in [3.8, 4) is 0 Å². The van der Waals surface area contributed by atoms with Crippen LogP contribution in [0.5, 0.6) is 0 Å². The van der Waals surface area contributed by atoms with Crippen LogP contribution < -0.4 is 0 Å². The first-order valence-corrected chi connectivity index (χ1v) is 4.17. The van der Waals surface area contributed by atoms with Crippen molar-refractivity contribution in [2.45, 2.75) is 0 Å². The fraction of sp³-hybridized carbons (Fsp3) is 0. The summed E-state index contributed by atoms with van der Waals surface area (Å²) in [6.45, 7) is 0. The van der Waals surface area contributed by atoms with E-state index in [0.717, 1.165) is 0 Å². The molecular formula is C9H5Cl2FO. The van der Waals surface area contributed by atoms with Crippen LogP contribution >= 0.6 is 23.2 Å². The average Bonchev–Trinajstić information content (AvgIpc) is 2.10. The number of hydrogen-bond acceptors (Lipinski definition) is 1. The molecule has 0 heterocycles.